The van der Waals surface area contributed by atoms with E-state index in [9.17, 15) is 4.79 Å². The minimum atomic E-state index is -0.586. The van der Waals surface area contributed by atoms with Gasteiger partial charge < -0.3 is 11.1 Å². The molecule has 4 heteroatoms. The highest BCUT2D eigenvalue weighted by Gasteiger charge is 2.42. The minimum Gasteiger partial charge on any atom is -0.392 e. The Balaban J connectivity index is 2.00. The fourth-order valence-electron chi connectivity index (χ4n) is 3.96. The summed E-state index contributed by atoms with van der Waals surface area (Å²) in [5.41, 5.74) is 5.66. The fraction of sp³-hybridized carbons (Fsp3) is 0.882. The van der Waals surface area contributed by atoms with E-state index in [1.54, 1.807) is 0 Å². The molecule has 2 fully saturated rings. The first-order chi connectivity index (χ1) is 9.99. The van der Waals surface area contributed by atoms with Crippen LogP contribution in [0.2, 0.25) is 0 Å². The van der Waals surface area contributed by atoms with E-state index < -0.39 is 5.41 Å². The molecule has 2 aliphatic carbocycles. The molecule has 0 unspecified atom stereocenters. The maximum absolute atomic E-state index is 12.8. The second-order valence-electron chi connectivity index (χ2n) is 7.41. The Hall–Kier alpha value is -0.640. The van der Waals surface area contributed by atoms with Crippen LogP contribution in [0.3, 0.4) is 0 Å². The summed E-state index contributed by atoms with van der Waals surface area (Å²) in [7, 11) is 0. The zero-order valence-corrected chi connectivity index (χ0v) is 14.2. The topological polar surface area (TPSA) is 55.1 Å². The number of nitrogens with one attached hydrogen (secondary N) is 1. The van der Waals surface area contributed by atoms with Crippen molar-refractivity contribution in [3.05, 3.63) is 0 Å². The lowest BCUT2D eigenvalue weighted by molar-refractivity contribution is -0.128. The number of carbonyl (C=O) groups is 1. The Bertz CT molecular complexity index is 380. The second kappa shape index (κ2) is 7.08. The van der Waals surface area contributed by atoms with Crippen molar-refractivity contribution in [2.45, 2.75) is 77.6 Å². The summed E-state index contributed by atoms with van der Waals surface area (Å²) < 4.78 is 0. The summed E-state index contributed by atoms with van der Waals surface area (Å²) in [4.78, 5) is 13.2. The Morgan fingerprint density at radius 2 is 1.48 bits per heavy atom. The van der Waals surface area contributed by atoms with Crippen molar-refractivity contribution in [3.8, 4) is 0 Å². The van der Waals surface area contributed by atoms with E-state index in [2.05, 4.69) is 12.2 Å². The van der Waals surface area contributed by atoms with E-state index in [0.717, 1.165) is 32.2 Å². The maximum atomic E-state index is 12.8. The summed E-state index contributed by atoms with van der Waals surface area (Å²) in [5, 5.41) is 3.21. The highest BCUT2D eigenvalue weighted by molar-refractivity contribution is 7.80. The van der Waals surface area contributed by atoms with E-state index in [-0.39, 0.29) is 11.3 Å². The molecule has 120 valence electrons. The van der Waals surface area contributed by atoms with Crippen LogP contribution in [0.25, 0.3) is 0 Å². The molecule has 2 rings (SSSR count). The number of hydrogen-bond acceptors (Lipinski definition) is 2. The number of thiocarbonyl (C=S) groups is 1. The van der Waals surface area contributed by atoms with Gasteiger partial charge in [-0.3, -0.25) is 4.79 Å². The van der Waals surface area contributed by atoms with Crippen LogP contribution in [0.1, 0.15) is 77.6 Å². The Morgan fingerprint density at radius 3 is 2.00 bits per heavy atom. The molecule has 0 spiro atoms. The molecule has 0 saturated heterocycles. The predicted molar refractivity (Wildman–Crippen MR) is 91.1 cm³/mol. The number of amides is 1. The largest absolute Gasteiger partial charge is 0.392 e. The predicted octanol–water partition coefficient (Wildman–Crippen LogP) is 3.70. The molecule has 2 saturated carbocycles. The van der Waals surface area contributed by atoms with Crippen molar-refractivity contribution >= 4 is 23.1 Å². The number of nitrogens with two attached hydrogens (primary N) is 1. The van der Waals surface area contributed by atoms with E-state index in [1.165, 1.54) is 44.9 Å². The van der Waals surface area contributed by atoms with E-state index in [0.29, 0.717) is 4.99 Å². The van der Waals surface area contributed by atoms with Crippen molar-refractivity contribution in [2.24, 2.45) is 16.6 Å². The molecule has 0 radical (unpaired) electrons. The smallest absolute Gasteiger partial charge is 0.233 e. The molecule has 0 aromatic rings. The van der Waals surface area contributed by atoms with Crippen molar-refractivity contribution in [1.29, 1.82) is 0 Å². The van der Waals surface area contributed by atoms with Crippen LogP contribution in [0, 0.1) is 10.8 Å². The normalized spacial score (nSPS) is 24.8. The Kier molecular flexibility index (Phi) is 5.64. The van der Waals surface area contributed by atoms with Gasteiger partial charge in [0.1, 0.15) is 0 Å². The van der Waals surface area contributed by atoms with Gasteiger partial charge in [-0.25, -0.2) is 0 Å². The number of hydrogen-bond donors (Lipinski definition) is 2. The third kappa shape index (κ3) is 3.97. The molecular formula is C17H30N2OS. The van der Waals surface area contributed by atoms with Gasteiger partial charge >= 0.3 is 0 Å². The van der Waals surface area contributed by atoms with Crippen LogP contribution in [0.15, 0.2) is 0 Å². The van der Waals surface area contributed by atoms with Gasteiger partial charge in [-0.05, 0) is 31.1 Å². The molecule has 0 aromatic heterocycles. The second-order valence-corrected chi connectivity index (χ2v) is 7.85. The zero-order chi connectivity index (χ0) is 15.3. The van der Waals surface area contributed by atoms with Gasteiger partial charge in [-0.1, -0.05) is 64.1 Å². The first-order valence-corrected chi connectivity index (χ1v) is 8.98. The van der Waals surface area contributed by atoms with Gasteiger partial charge in [0.25, 0.3) is 0 Å². The van der Waals surface area contributed by atoms with Gasteiger partial charge in [0, 0.05) is 6.54 Å². The van der Waals surface area contributed by atoms with Crippen LogP contribution in [0.5, 0.6) is 0 Å². The monoisotopic (exact) mass is 310 g/mol. The molecule has 1 amide bonds. The van der Waals surface area contributed by atoms with E-state index in [4.69, 9.17) is 18.0 Å². The van der Waals surface area contributed by atoms with Gasteiger partial charge in [-0.15, -0.1) is 0 Å². The lowest BCUT2D eigenvalue weighted by Gasteiger charge is -2.36. The molecule has 2 aliphatic rings. The van der Waals surface area contributed by atoms with E-state index >= 15 is 0 Å². The molecule has 0 aliphatic heterocycles. The fourth-order valence-corrected chi connectivity index (χ4v) is 4.26. The van der Waals surface area contributed by atoms with Crippen LogP contribution in [-0.2, 0) is 4.79 Å². The molecule has 0 atom stereocenters. The van der Waals surface area contributed by atoms with Crippen molar-refractivity contribution in [2.75, 3.05) is 6.54 Å². The maximum Gasteiger partial charge on any atom is 0.233 e. The average Bonchev–Trinajstić information content (AvgIpc) is 2.72. The number of rotatable bonds is 4. The summed E-state index contributed by atoms with van der Waals surface area (Å²) in [6.45, 7) is 3.07. The van der Waals surface area contributed by atoms with Gasteiger partial charge in [-0.2, -0.15) is 0 Å². The summed E-state index contributed by atoms with van der Waals surface area (Å²) in [5.74, 6) is 0.0868. The third-order valence-electron chi connectivity index (χ3n) is 5.60. The summed E-state index contributed by atoms with van der Waals surface area (Å²) in [6, 6.07) is 0. The first-order valence-electron chi connectivity index (χ1n) is 8.57. The highest BCUT2D eigenvalue weighted by atomic mass is 32.1. The van der Waals surface area contributed by atoms with Crippen LogP contribution in [-0.4, -0.2) is 17.4 Å². The van der Waals surface area contributed by atoms with Crippen molar-refractivity contribution in [3.63, 3.8) is 0 Å². The Labute approximate surface area is 134 Å². The summed E-state index contributed by atoms with van der Waals surface area (Å²) in [6.07, 6.45) is 12.5. The number of carbonyl (C=O) groups excluding carboxylic acids is 1. The van der Waals surface area contributed by atoms with Gasteiger partial charge in [0.05, 0.1) is 10.4 Å². The van der Waals surface area contributed by atoms with E-state index in [1.807, 2.05) is 0 Å². The molecule has 0 aromatic carbocycles. The molecule has 21 heavy (non-hydrogen) atoms. The third-order valence-corrected chi connectivity index (χ3v) is 5.99. The lowest BCUT2D eigenvalue weighted by atomic mass is 9.75. The molecular weight excluding hydrogens is 280 g/mol. The molecule has 3 nitrogen and oxygen atoms in total. The Morgan fingerprint density at radius 1 is 1.00 bits per heavy atom. The minimum absolute atomic E-state index is 0.0868. The molecule has 3 N–H and O–H groups in total. The molecule has 0 bridgehead atoms. The SMILES string of the molecule is CC1(CNC(=O)C2(C(N)=S)CCCCCC2)CCCCC1. The average molecular weight is 311 g/mol. The van der Waals surface area contributed by atoms with Crippen LogP contribution >= 0.6 is 12.2 Å². The van der Waals surface area contributed by atoms with Crippen LogP contribution < -0.4 is 11.1 Å². The summed E-state index contributed by atoms with van der Waals surface area (Å²) >= 11 is 5.28. The van der Waals surface area contributed by atoms with Gasteiger partial charge in [0.2, 0.25) is 5.91 Å². The van der Waals surface area contributed by atoms with Crippen LogP contribution in [0.4, 0.5) is 0 Å². The zero-order valence-electron chi connectivity index (χ0n) is 13.4. The van der Waals surface area contributed by atoms with Crippen molar-refractivity contribution < 1.29 is 4.79 Å². The quantitative estimate of drug-likeness (QED) is 0.615. The van der Waals surface area contributed by atoms with Gasteiger partial charge in [0.15, 0.2) is 0 Å². The standard InChI is InChI=1S/C17H30N2OS/c1-16(9-5-4-6-10-16)13-19-15(20)17(14(18)21)11-7-2-3-8-12-17/h2-13H2,1H3,(H2,18,21)(H,19,20). The highest BCUT2D eigenvalue weighted by Crippen LogP contribution is 2.38. The van der Waals surface area contributed by atoms with Crippen molar-refractivity contribution in [1.82, 2.24) is 5.32 Å². The first kappa shape index (κ1) is 16.7. The lowest BCUT2D eigenvalue weighted by Crippen LogP contribution is -2.51. The molecule has 0 heterocycles.